The molecule has 2 aromatic rings. The third-order valence-corrected chi connectivity index (χ3v) is 2.87. The third kappa shape index (κ3) is 2.59. The predicted molar refractivity (Wildman–Crippen MR) is 69.3 cm³/mol. The van der Waals surface area contributed by atoms with Gasteiger partial charge in [-0.15, -0.1) is 0 Å². The zero-order valence-corrected chi connectivity index (χ0v) is 11.0. The van der Waals surface area contributed by atoms with Gasteiger partial charge in [-0.25, -0.2) is 4.79 Å². The number of hydrogen-bond donors (Lipinski definition) is 3. The van der Waals surface area contributed by atoms with E-state index in [-0.39, 0.29) is 6.61 Å². The Morgan fingerprint density at radius 2 is 2.10 bits per heavy atom. The Hall–Kier alpha value is -2.48. The molecule has 1 unspecified atom stereocenters. The van der Waals surface area contributed by atoms with E-state index in [2.05, 4.69) is 20.7 Å². The van der Waals surface area contributed by atoms with E-state index in [0.29, 0.717) is 16.6 Å². The molecule has 1 amide bonds. The number of nitrogens with one attached hydrogen (secondary N) is 2. The molecular weight excluding hydrogens is 264 g/mol. The van der Waals surface area contributed by atoms with E-state index in [0.717, 1.165) is 0 Å². The molecule has 0 bridgehead atoms. The summed E-state index contributed by atoms with van der Waals surface area (Å²) in [6.07, 6.45) is 0. The number of H-pyrrole nitrogens is 1. The van der Waals surface area contributed by atoms with Gasteiger partial charge in [0.1, 0.15) is 11.0 Å². The lowest BCUT2D eigenvalue weighted by atomic mass is 10.0. The van der Waals surface area contributed by atoms with Crippen molar-refractivity contribution in [1.29, 1.82) is 0 Å². The molecule has 0 saturated heterocycles. The van der Waals surface area contributed by atoms with E-state index < -0.39 is 17.4 Å². The van der Waals surface area contributed by atoms with Gasteiger partial charge in [0.25, 0.3) is 5.91 Å². The Bertz CT molecular complexity index is 654. The summed E-state index contributed by atoms with van der Waals surface area (Å²) in [5, 5.41) is 21.8. The quantitative estimate of drug-likeness (QED) is 0.718. The van der Waals surface area contributed by atoms with Crippen LogP contribution in [-0.4, -0.2) is 51.6 Å². The standard InChI is InChI=1S/C12H14N4O4/c1-12(6-20-2,11(18)19)13-10(17)7-3-4-8-9(5-7)15-16-14-8/h3-5H,6H2,1-2H3,(H,13,17)(H,18,19)(H,14,15,16). The number of fused-ring (bicyclic) bond motifs is 1. The molecule has 0 aliphatic carbocycles. The summed E-state index contributed by atoms with van der Waals surface area (Å²) in [6, 6.07) is 4.71. The van der Waals surface area contributed by atoms with Crippen LogP contribution in [-0.2, 0) is 9.53 Å². The van der Waals surface area contributed by atoms with Crippen LogP contribution in [0.1, 0.15) is 17.3 Å². The van der Waals surface area contributed by atoms with E-state index in [1.54, 1.807) is 12.1 Å². The molecule has 0 radical (unpaired) electrons. The molecule has 0 fully saturated rings. The molecular formula is C12H14N4O4. The molecule has 0 aliphatic heterocycles. The van der Waals surface area contributed by atoms with Gasteiger partial charge < -0.3 is 15.2 Å². The minimum absolute atomic E-state index is 0.139. The van der Waals surface area contributed by atoms with Gasteiger partial charge >= 0.3 is 5.97 Å². The second kappa shape index (κ2) is 5.25. The topological polar surface area (TPSA) is 117 Å². The molecule has 0 saturated carbocycles. The third-order valence-electron chi connectivity index (χ3n) is 2.87. The van der Waals surface area contributed by atoms with Crippen molar-refractivity contribution in [3.05, 3.63) is 23.8 Å². The monoisotopic (exact) mass is 278 g/mol. The molecule has 8 nitrogen and oxygen atoms in total. The van der Waals surface area contributed by atoms with Gasteiger partial charge in [0.05, 0.1) is 6.61 Å². The second-order valence-corrected chi connectivity index (χ2v) is 4.55. The first-order chi connectivity index (χ1) is 9.46. The molecule has 2 rings (SSSR count). The number of methoxy groups -OCH3 is 1. The zero-order valence-electron chi connectivity index (χ0n) is 11.0. The number of aliphatic carboxylic acids is 1. The van der Waals surface area contributed by atoms with Crippen LogP contribution >= 0.6 is 0 Å². The Balaban J connectivity index is 2.23. The normalized spacial score (nSPS) is 13.9. The molecule has 1 aromatic heterocycles. The number of aromatic amines is 1. The number of aromatic nitrogens is 3. The Morgan fingerprint density at radius 1 is 1.40 bits per heavy atom. The van der Waals surface area contributed by atoms with Crippen LogP contribution in [0.3, 0.4) is 0 Å². The van der Waals surface area contributed by atoms with Crippen molar-refractivity contribution in [2.75, 3.05) is 13.7 Å². The Morgan fingerprint density at radius 3 is 2.75 bits per heavy atom. The van der Waals surface area contributed by atoms with Gasteiger partial charge in [-0.1, -0.05) is 0 Å². The van der Waals surface area contributed by atoms with E-state index >= 15 is 0 Å². The summed E-state index contributed by atoms with van der Waals surface area (Å²) in [6.45, 7) is 1.24. The molecule has 1 aromatic carbocycles. The van der Waals surface area contributed by atoms with Crippen molar-refractivity contribution in [2.45, 2.75) is 12.5 Å². The fraction of sp³-hybridized carbons (Fsp3) is 0.333. The number of ether oxygens (including phenoxy) is 1. The van der Waals surface area contributed by atoms with E-state index in [4.69, 9.17) is 4.74 Å². The summed E-state index contributed by atoms with van der Waals surface area (Å²) in [5.74, 6) is -1.69. The lowest BCUT2D eigenvalue weighted by Gasteiger charge is -2.25. The highest BCUT2D eigenvalue weighted by molar-refractivity contribution is 5.99. The molecule has 8 heteroatoms. The summed E-state index contributed by atoms with van der Waals surface area (Å²) < 4.78 is 4.84. The second-order valence-electron chi connectivity index (χ2n) is 4.55. The number of rotatable bonds is 5. The van der Waals surface area contributed by atoms with Crippen LogP contribution in [0.4, 0.5) is 0 Å². The highest BCUT2D eigenvalue weighted by atomic mass is 16.5. The van der Waals surface area contributed by atoms with Crippen LogP contribution < -0.4 is 5.32 Å². The molecule has 20 heavy (non-hydrogen) atoms. The van der Waals surface area contributed by atoms with E-state index in [1.165, 1.54) is 20.1 Å². The van der Waals surface area contributed by atoms with Crippen LogP contribution in [0.2, 0.25) is 0 Å². The number of carboxylic acids is 1. The van der Waals surface area contributed by atoms with Crippen LogP contribution in [0.5, 0.6) is 0 Å². The van der Waals surface area contributed by atoms with Gasteiger partial charge in [-0.05, 0) is 25.1 Å². The maximum Gasteiger partial charge on any atom is 0.331 e. The lowest BCUT2D eigenvalue weighted by Crippen LogP contribution is -2.55. The van der Waals surface area contributed by atoms with Gasteiger partial charge in [0, 0.05) is 12.7 Å². The number of benzene rings is 1. The van der Waals surface area contributed by atoms with Crippen molar-refractivity contribution >= 4 is 22.9 Å². The molecule has 0 aliphatic rings. The van der Waals surface area contributed by atoms with Crippen LogP contribution in [0.15, 0.2) is 18.2 Å². The van der Waals surface area contributed by atoms with Crippen molar-refractivity contribution in [3.63, 3.8) is 0 Å². The number of carboxylic acid groups (broad SMARTS) is 1. The molecule has 0 spiro atoms. The minimum atomic E-state index is -1.50. The van der Waals surface area contributed by atoms with Gasteiger partial charge in [0.2, 0.25) is 0 Å². The molecule has 1 heterocycles. The number of amides is 1. The lowest BCUT2D eigenvalue weighted by molar-refractivity contribution is -0.145. The smallest absolute Gasteiger partial charge is 0.331 e. The highest BCUT2D eigenvalue weighted by Crippen LogP contribution is 2.12. The summed E-state index contributed by atoms with van der Waals surface area (Å²) in [5.41, 5.74) is -0.0409. The van der Waals surface area contributed by atoms with Crippen LogP contribution in [0, 0.1) is 0 Å². The average molecular weight is 278 g/mol. The average Bonchev–Trinajstić information content (AvgIpc) is 2.85. The first-order valence-corrected chi connectivity index (χ1v) is 5.81. The summed E-state index contributed by atoms with van der Waals surface area (Å²) in [7, 11) is 1.37. The molecule has 3 N–H and O–H groups in total. The van der Waals surface area contributed by atoms with Crippen molar-refractivity contribution in [3.8, 4) is 0 Å². The number of nitrogens with zero attached hydrogens (tertiary/aromatic N) is 2. The molecule has 106 valence electrons. The predicted octanol–water partition coefficient (Wildman–Crippen LogP) is 0.177. The highest BCUT2D eigenvalue weighted by Gasteiger charge is 2.35. The minimum Gasteiger partial charge on any atom is -0.479 e. The molecule has 1 atom stereocenters. The maximum atomic E-state index is 12.1. The largest absolute Gasteiger partial charge is 0.479 e. The van der Waals surface area contributed by atoms with Gasteiger partial charge in [-0.3, -0.25) is 4.79 Å². The van der Waals surface area contributed by atoms with Crippen molar-refractivity contribution < 1.29 is 19.4 Å². The number of hydrogen-bond acceptors (Lipinski definition) is 5. The van der Waals surface area contributed by atoms with Crippen molar-refractivity contribution in [2.24, 2.45) is 0 Å². The van der Waals surface area contributed by atoms with E-state index in [1.807, 2.05) is 0 Å². The number of carbonyl (C=O) groups excluding carboxylic acids is 1. The maximum absolute atomic E-state index is 12.1. The SMILES string of the molecule is COCC(C)(NC(=O)c1ccc2n[nH]nc2c1)C(=O)O. The number of carbonyl (C=O) groups is 2. The van der Waals surface area contributed by atoms with E-state index in [9.17, 15) is 14.7 Å². The van der Waals surface area contributed by atoms with Crippen molar-refractivity contribution in [1.82, 2.24) is 20.7 Å². The van der Waals surface area contributed by atoms with Crippen LogP contribution in [0.25, 0.3) is 11.0 Å². The fourth-order valence-corrected chi connectivity index (χ4v) is 1.74. The first-order valence-electron chi connectivity index (χ1n) is 5.81. The van der Waals surface area contributed by atoms with Gasteiger partial charge in [-0.2, -0.15) is 15.4 Å². The van der Waals surface area contributed by atoms with Gasteiger partial charge in [0.15, 0.2) is 5.54 Å². The Labute approximate surface area is 114 Å². The fourth-order valence-electron chi connectivity index (χ4n) is 1.74. The summed E-state index contributed by atoms with van der Waals surface area (Å²) in [4.78, 5) is 23.3. The zero-order chi connectivity index (χ0) is 14.8. The first kappa shape index (κ1) is 13.9. The summed E-state index contributed by atoms with van der Waals surface area (Å²) >= 11 is 0. The Kier molecular flexibility index (Phi) is 3.66.